The number of halogens is 3. The van der Waals surface area contributed by atoms with Crippen molar-refractivity contribution in [1.82, 2.24) is 4.90 Å². The Hall–Kier alpha value is -0.830. The number of piperidine rings is 1. The number of amides is 1. The van der Waals surface area contributed by atoms with Crippen LogP contribution in [0.4, 0.5) is 13.2 Å². The van der Waals surface area contributed by atoms with Gasteiger partial charge >= 0.3 is 15.6 Å². The summed E-state index contributed by atoms with van der Waals surface area (Å²) in [6.07, 6.45) is 3.68. The van der Waals surface area contributed by atoms with E-state index in [4.69, 9.17) is 13.0 Å². The number of hydrogen-bond donors (Lipinski definition) is 1. The molecular weight excluding hydrogens is 263 g/mol. The van der Waals surface area contributed by atoms with Gasteiger partial charge in [-0.3, -0.25) is 9.35 Å². The molecule has 0 aromatic rings. The molecule has 17 heavy (non-hydrogen) atoms. The van der Waals surface area contributed by atoms with E-state index in [1.54, 1.807) is 6.92 Å². The highest BCUT2D eigenvalue weighted by Gasteiger charge is 2.44. The Kier molecular flexibility index (Phi) is 5.89. The normalized spacial score (nSPS) is 17.1. The fourth-order valence-corrected chi connectivity index (χ4v) is 1.21. The summed E-state index contributed by atoms with van der Waals surface area (Å²) in [5.74, 6) is 0.231. The van der Waals surface area contributed by atoms with Gasteiger partial charge in [0.15, 0.2) is 0 Å². The predicted octanol–water partition coefficient (Wildman–Crippen LogP) is 1.41. The summed E-state index contributed by atoms with van der Waals surface area (Å²) in [7, 11) is -5.84. The maximum Gasteiger partial charge on any atom is 0.522 e. The molecule has 1 heterocycles. The van der Waals surface area contributed by atoms with Crippen LogP contribution in [0.15, 0.2) is 0 Å². The van der Waals surface area contributed by atoms with Crippen LogP contribution in [-0.4, -0.2) is 42.4 Å². The fraction of sp³-hybridized carbons (Fsp3) is 0.875. The fourth-order valence-electron chi connectivity index (χ4n) is 1.21. The van der Waals surface area contributed by atoms with E-state index in [0.717, 1.165) is 13.1 Å². The second-order valence-electron chi connectivity index (χ2n) is 3.49. The van der Waals surface area contributed by atoms with E-state index in [1.165, 1.54) is 19.3 Å². The number of nitrogens with zero attached hydrogens (tertiary/aromatic N) is 1. The highest BCUT2D eigenvalue weighted by molar-refractivity contribution is 7.86. The van der Waals surface area contributed by atoms with Crippen molar-refractivity contribution < 1.29 is 30.9 Å². The molecule has 0 saturated carbocycles. The van der Waals surface area contributed by atoms with Gasteiger partial charge in [0.25, 0.3) is 0 Å². The first-order valence-corrected chi connectivity index (χ1v) is 6.29. The van der Waals surface area contributed by atoms with E-state index in [9.17, 15) is 18.0 Å². The molecule has 0 atom stereocenters. The lowest BCUT2D eigenvalue weighted by Crippen LogP contribution is -2.33. The molecular formula is C8H14F3NO4S. The Morgan fingerprint density at radius 3 is 1.71 bits per heavy atom. The summed E-state index contributed by atoms with van der Waals surface area (Å²) in [5, 5.41) is 0. The van der Waals surface area contributed by atoms with Crippen LogP contribution in [0, 0.1) is 0 Å². The third kappa shape index (κ3) is 6.47. The average Bonchev–Trinajstić information content (AvgIpc) is 2.17. The van der Waals surface area contributed by atoms with Crippen molar-refractivity contribution in [1.29, 1.82) is 0 Å². The van der Waals surface area contributed by atoms with Crippen LogP contribution in [0.3, 0.4) is 0 Å². The van der Waals surface area contributed by atoms with E-state index in [-0.39, 0.29) is 5.91 Å². The van der Waals surface area contributed by atoms with Crippen molar-refractivity contribution in [2.75, 3.05) is 13.1 Å². The van der Waals surface area contributed by atoms with Crippen LogP contribution >= 0.6 is 0 Å². The Bertz CT molecular complexity index is 346. The van der Waals surface area contributed by atoms with Gasteiger partial charge in [-0.2, -0.15) is 21.6 Å². The Balaban J connectivity index is 0.000000304. The van der Waals surface area contributed by atoms with E-state index in [0.29, 0.717) is 0 Å². The van der Waals surface area contributed by atoms with Gasteiger partial charge < -0.3 is 4.90 Å². The summed E-state index contributed by atoms with van der Waals surface area (Å²) in [4.78, 5) is 12.6. The first kappa shape index (κ1) is 16.2. The second-order valence-corrected chi connectivity index (χ2v) is 4.90. The van der Waals surface area contributed by atoms with Crippen molar-refractivity contribution in [2.24, 2.45) is 0 Å². The van der Waals surface area contributed by atoms with Crippen molar-refractivity contribution >= 4 is 16.0 Å². The van der Waals surface area contributed by atoms with Gasteiger partial charge in [0.05, 0.1) is 0 Å². The lowest BCUT2D eigenvalue weighted by atomic mass is 10.1. The van der Waals surface area contributed by atoms with Gasteiger partial charge in [-0.1, -0.05) is 0 Å². The average molecular weight is 277 g/mol. The topological polar surface area (TPSA) is 74.7 Å². The zero-order chi connectivity index (χ0) is 13.7. The largest absolute Gasteiger partial charge is 0.522 e. The molecule has 102 valence electrons. The number of likely N-dealkylation sites (tertiary alicyclic amines) is 1. The molecule has 1 fully saturated rings. The van der Waals surface area contributed by atoms with Crippen LogP contribution in [0.2, 0.25) is 0 Å². The number of hydrogen-bond acceptors (Lipinski definition) is 3. The smallest absolute Gasteiger partial charge is 0.343 e. The maximum absolute atomic E-state index is 10.7. The van der Waals surface area contributed by atoms with Crippen molar-refractivity contribution in [2.45, 2.75) is 31.7 Å². The van der Waals surface area contributed by atoms with E-state index >= 15 is 0 Å². The summed E-state index contributed by atoms with van der Waals surface area (Å²) < 4.78 is 57.5. The Labute approximate surface area is 97.3 Å². The van der Waals surface area contributed by atoms with Gasteiger partial charge in [0.2, 0.25) is 5.91 Å². The molecule has 1 aliphatic heterocycles. The highest BCUT2D eigenvalue weighted by Crippen LogP contribution is 2.20. The molecule has 0 spiro atoms. The molecule has 0 radical (unpaired) electrons. The highest BCUT2D eigenvalue weighted by atomic mass is 32.2. The van der Waals surface area contributed by atoms with Crippen LogP contribution < -0.4 is 0 Å². The Morgan fingerprint density at radius 1 is 1.18 bits per heavy atom. The van der Waals surface area contributed by atoms with Gasteiger partial charge in [0.1, 0.15) is 0 Å². The van der Waals surface area contributed by atoms with E-state index in [1.807, 2.05) is 4.90 Å². The molecule has 0 aromatic heterocycles. The summed E-state index contributed by atoms with van der Waals surface area (Å²) in [6.45, 7) is 3.61. The molecule has 1 aliphatic rings. The van der Waals surface area contributed by atoms with Gasteiger partial charge in [-0.25, -0.2) is 0 Å². The number of carbonyl (C=O) groups is 1. The molecule has 1 rings (SSSR count). The zero-order valence-corrected chi connectivity index (χ0v) is 10.0. The van der Waals surface area contributed by atoms with Crippen LogP contribution in [-0.2, 0) is 14.9 Å². The summed E-state index contributed by atoms with van der Waals surface area (Å²) in [5.41, 5.74) is -5.53. The standard InChI is InChI=1S/C7H13NO.CHF3O3S/c1-7(9)8-5-3-2-4-6-8;2-1(3,4)8(5,6)7/h2-6H2,1H3;(H,5,6,7). The molecule has 0 unspecified atom stereocenters. The monoisotopic (exact) mass is 277 g/mol. The predicted molar refractivity (Wildman–Crippen MR) is 53.7 cm³/mol. The molecule has 0 aliphatic carbocycles. The third-order valence-electron chi connectivity index (χ3n) is 2.09. The number of carbonyl (C=O) groups excluding carboxylic acids is 1. The van der Waals surface area contributed by atoms with Gasteiger partial charge in [0, 0.05) is 20.0 Å². The molecule has 1 saturated heterocycles. The zero-order valence-electron chi connectivity index (χ0n) is 9.20. The third-order valence-corrected chi connectivity index (χ3v) is 2.68. The van der Waals surface area contributed by atoms with E-state index < -0.39 is 15.6 Å². The number of alkyl halides is 3. The van der Waals surface area contributed by atoms with E-state index in [2.05, 4.69) is 0 Å². The van der Waals surface area contributed by atoms with Gasteiger partial charge in [-0.05, 0) is 19.3 Å². The van der Waals surface area contributed by atoms with Crippen molar-refractivity contribution in [3.8, 4) is 0 Å². The first-order chi connectivity index (χ1) is 7.55. The van der Waals surface area contributed by atoms with Crippen molar-refractivity contribution in [3.05, 3.63) is 0 Å². The lowest BCUT2D eigenvalue weighted by molar-refractivity contribution is -0.129. The lowest BCUT2D eigenvalue weighted by Gasteiger charge is -2.24. The molecule has 5 nitrogen and oxygen atoms in total. The van der Waals surface area contributed by atoms with Gasteiger partial charge in [-0.15, -0.1) is 0 Å². The molecule has 0 aromatic carbocycles. The minimum atomic E-state index is -5.84. The molecule has 9 heteroatoms. The molecule has 0 bridgehead atoms. The molecule has 1 N–H and O–H groups in total. The Morgan fingerprint density at radius 2 is 1.53 bits per heavy atom. The quantitative estimate of drug-likeness (QED) is 0.536. The minimum Gasteiger partial charge on any atom is -0.343 e. The maximum atomic E-state index is 10.7. The second kappa shape index (κ2) is 6.20. The van der Waals surface area contributed by atoms with Crippen LogP contribution in [0.1, 0.15) is 26.2 Å². The SMILES string of the molecule is CC(=O)N1CCCCC1.O=S(=O)(O)C(F)(F)F. The van der Waals surface area contributed by atoms with Crippen molar-refractivity contribution in [3.63, 3.8) is 0 Å². The van der Waals surface area contributed by atoms with Crippen LogP contribution in [0.25, 0.3) is 0 Å². The van der Waals surface area contributed by atoms with Crippen LogP contribution in [0.5, 0.6) is 0 Å². The summed E-state index contributed by atoms with van der Waals surface area (Å²) in [6, 6.07) is 0. The first-order valence-electron chi connectivity index (χ1n) is 4.85. The minimum absolute atomic E-state index is 0.231. The molecule has 1 amide bonds. The summed E-state index contributed by atoms with van der Waals surface area (Å²) >= 11 is 0. The number of rotatable bonds is 0.